The Morgan fingerprint density at radius 2 is 1.92 bits per heavy atom. The van der Waals surface area contributed by atoms with E-state index in [0.717, 1.165) is 0 Å². The van der Waals surface area contributed by atoms with Crippen molar-refractivity contribution in [1.82, 2.24) is 4.98 Å². The Labute approximate surface area is 142 Å². The van der Waals surface area contributed by atoms with Crippen LogP contribution in [-0.2, 0) is 0 Å². The Balaban J connectivity index is 2.01. The molecule has 3 aromatic rings. The molecule has 1 amide bonds. The van der Waals surface area contributed by atoms with Gasteiger partial charge in [-0.15, -0.1) is 0 Å². The number of fused-ring (bicyclic) bond motifs is 1. The first kappa shape index (κ1) is 16.5. The van der Waals surface area contributed by atoms with Crippen molar-refractivity contribution in [3.05, 3.63) is 75.2 Å². The van der Waals surface area contributed by atoms with Gasteiger partial charge in [-0.3, -0.25) is 19.9 Å². The molecule has 3 rings (SSSR count). The van der Waals surface area contributed by atoms with Gasteiger partial charge in [0, 0.05) is 34.5 Å². The lowest BCUT2D eigenvalue weighted by Gasteiger charge is -2.10. The molecule has 0 aliphatic heterocycles. The number of halogens is 1. The van der Waals surface area contributed by atoms with Crippen molar-refractivity contribution in [2.45, 2.75) is 13.8 Å². The van der Waals surface area contributed by atoms with Gasteiger partial charge in [-0.25, -0.2) is 4.39 Å². The Bertz CT molecular complexity index is 1010. The lowest BCUT2D eigenvalue weighted by molar-refractivity contribution is -0.385. The van der Waals surface area contributed by atoms with Crippen LogP contribution in [-0.4, -0.2) is 15.8 Å². The van der Waals surface area contributed by atoms with Crippen molar-refractivity contribution in [2.24, 2.45) is 0 Å². The zero-order valence-corrected chi connectivity index (χ0v) is 13.5. The van der Waals surface area contributed by atoms with Crippen LogP contribution in [0.2, 0.25) is 0 Å². The Morgan fingerprint density at radius 1 is 1.16 bits per heavy atom. The fourth-order valence-electron chi connectivity index (χ4n) is 2.60. The average Bonchev–Trinajstić information content (AvgIpc) is 2.55. The molecule has 7 heteroatoms. The highest BCUT2D eigenvalue weighted by molar-refractivity contribution is 6.12. The van der Waals surface area contributed by atoms with E-state index in [2.05, 4.69) is 10.3 Å². The second-order valence-corrected chi connectivity index (χ2v) is 5.69. The predicted molar refractivity (Wildman–Crippen MR) is 92.2 cm³/mol. The van der Waals surface area contributed by atoms with Gasteiger partial charge in [0.2, 0.25) is 0 Å². The molecule has 0 radical (unpaired) electrons. The van der Waals surface area contributed by atoms with E-state index in [1.165, 1.54) is 24.3 Å². The fraction of sp³-hybridized carbons (Fsp3) is 0.111. The fourth-order valence-corrected chi connectivity index (χ4v) is 2.60. The standard InChI is InChI=1S/C18H14FN3O3/c1-10-3-5-13(9-17(10)22(24)25)21-18(23)15-7-11(2)20-16-8-12(19)4-6-14(15)16/h3-9H,1-2H3,(H,21,23). The van der Waals surface area contributed by atoms with Crippen LogP contribution < -0.4 is 5.32 Å². The number of nitro benzene ring substituents is 1. The van der Waals surface area contributed by atoms with E-state index in [9.17, 15) is 19.3 Å². The molecule has 0 saturated heterocycles. The summed E-state index contributed by atoms with van der Waals surface area (Å²) < 4.78 is 13.4. The molecule has 1 N–H and O–H groups in total. The minimum atomic E-state index is -0.500. The number of anilines is 1. The summed E-state index contributed by atoms with van der Waals surface area (Å²) in [6.45, 7) is 3.33. The number of benzene rings is 2. The summed E-state index contributed by atoms with van der Waals surface area (Å²) in [5, 5.41) is 14.2. The molecule has 0 aliphatic rings. The molecule has 0 aliphatic carbocycles. The van der Waals surface area contributed by atoms with Crippen molar-refractivity contribution < 1.29 is 14.1 Å². The molecule has 0 unspecified atom stereocenters. The van der Waals surface area contributed by atoms with Crippen molar-refractivity contribution in [2.75, 3.05) is 5.32 Å². The zero-order valence-electron chi connectivity index (χ0n) is 13.5. The van der Waals surface area contributed by atoms with E-state index in [0.29, 0.717) is 33.4 Å². The number of nitrogens with one attached hydrogen (secondary N) is 1. The summed E-state index contributed by atoms with van der Waals surface area (Å²) in [6, 6.07) is 10.1. The molecule has 25 heavy (non-hydrogen) atoms. The van der Waals surface area contributed by atoms with E-state index in [4.69, 9.17) is 0 Å². The summed E-state index contributed by atoms with van der Waals surface area (Å²) >= 11 is 0. The number of nitro groups is 1. The summed E-state index contributed by atoms with van der Waals surface area (Å²) in [4.78, 5) is 27.4. The normalized spacial score (nSPS) is 10.7. The van der Waals surface area contributed by atoms with Crippen molar-refractivity contribution in [1.29, 1.82) is 0 Å². The first-order valence-electron chi connectivity index (χ1n) is 7.48. The van der Waals surface area contributed by atoms with Crippen LogP contribution in [0.5, 0.6) is 0 Å². The molecule has 0 atom stereocenters. The molecule has 2 aromatic carbocycles. The SMILES string of the molecule is Cc1cc(C(=O)Nc2ccc(C)c([N+](=O)[O-])c2)c2ccc(F)cc2n1. The second kappa shape index (κ2) is 6.27. The van der Waals surface area contributed by atoms with E-state index in [1.807, 2.05) is 0 Å². The predicted octanol–water partition coefficient (Wildman–Crippen LogP) is 4.15. The Morgan fingerprint density at radius 3 is 2.64 bits per heavy atom. The summed E-state index contributed by atoms with van der Waals surface area (Å²) in [5.41, 5.74) is 2.01. The van der Waals surface area contributed by atoms with Crippen LogP contribution in [0.3, 0.4) is 0 Å². The molecule has 0 saturated carbocycles. The molecule has 126 valence electrons. The van der Waals surface area contributed by atoms with Crippen LogP contribution in [0, 0.1) is 29.8 Å². The van der Waals surface area contributed by atoms with Crippen LogP contribution in [0.15, 0.2) is 42.5 Å². The number of rotatable bonds is 3. The number of carbonyl (C=O) groups is 1. The average molecular weight is 339 g/mol. The van der Waals surface area contributed by atoms with Crippen LogP contribution in [0.25, 0.3) is 10.9 Å². The lowest BCUT2D eigenvalue weighted by atomic mass is 10.1. The third kappa shape index (κ3) is 3.30. The highest BCUT2D eigenvalue weighted by atomic mass is 19.1. The van der Waals surface area contributed by atoms with Gasteiger partial charge < -0.3 is 5.32 Å². The summed E-state index contributed by atoms with van der Waals surface area (Å²) in [6.07, 6.45) is 0. The van der Waals surface area contributed by atoms with Gasteiger partial charge in [0.1, 0.15) is 5.82 Å². The molecule has 0 fully saturated rings. The second-order valence-electron chi connectivity index (χ2n) is 5.69. The quantitative estimate of drug-likeness (QED) is 0.574. The van der Waals surface area contributed by atoms with Crippen LogP contribution in [0.4, 0.5) is 15.8 Å². The number of amides is 1. The molecule has 6 nitrogen and oxygen atoms in total. The van der Waals surface area contributed by atoms with Gasteiger partial charge in [0.05, 0.1) is 16.0 Å². The number of aromatic nitrogens is 1. The van der Waals surface area contributed by atoms with E-state index >= 15 is 0 Å². The number of hydrogen-bond acceptors (Lipinski definition) is 4. The number of carbonyl (C=O) groups excluding carboxylic acids is 1. The number of nitrogens with zero attached hydrogens (tertiary/aromatic N) is 2. The molecule has 0 spiro atoms. The summed E-state index contributed by atoms with van der Waals surface area (Å²) in [7, 11) is 0. The maximum Gasteiger partial charge on any atom is 0.274 e. The maximum atomic E-state index is 13.4. The topological polar surface area (TPSA) is 85.1 Å². The van der Waals surface area contributed by atoms with Gasteiger partial charge in [-0.05, 0) is 38.1 Å². The molecular formula is C18H14FN3O3. The Hall–Kier alpha value is -3.35. The van der Waals surface area contributed by atoms with E-state index < -0.39 is 16.6 Å². The van der Waals surface area contributed by atoms with Gasteiger partial charge in [-0.1, -0.05) is 6.07 Å². The van der Waals surface area contributed by atoms with Gasteiger partial charge >= 0.3 is 0 Å². The van der Waals surface area contributed by atoms with Crippen molar-refractivity contribution in [3.63, 3.8) is 0 Å². The molecular weight excluding hydrogens is 325 g/mol. The highest BCUT2D eigenvalue weighted by Gasteiger charge is 2.16. The number of aryl methyl sites for hydroxylation is 2. The largest absolute Gasteiger partial charge is 0.322 e. The maximum absolute atomic E-state index is 13.4. The van der Waals surface area contributed by atoms with Crippen molar-refractivity contribution >= 4 is 28.2 Å². The van der Waals surface area contributed by atoms with Crippen molar-refractivity contribution in [3.8, 4) is 0 Å². The number of pyridine rings is 1. The van der Waals surface area contributed by atoms with Gasteiger partial charge in [0.15, 0.2) is 0 Å². The first-order valence-corrected chi connectivity index (χ1v) is 7.48. The highest BCUT2D eigenvalue weighted by Crippen LogP contribution is 2.24. The summed E-state index contributed by atoms with van der Waals surface area (Å²) in [5.74, 6) is -0.883. The minimum Gasteiger partial charge on any atom is -0.322 e. The van der Waals surface area contributed by atoms with E-state index in [1.54, 1.807) is 32.0 Å². The molecule has 1 heterocycles. The minimum absolute atomic E-state index is 0.0735. The molecule has 0 bridgehead atoms. The van der Waals surface area contributed by atoms with Crippen LogP contribution >= 0.6 is 0 Å². The third-order valence-corrected chi connectivity index (χ3v) is 3.81. The van der Waals surface area contributed by atoms with Crippen LogP contribution in [0.1, 0.15) is 21.6 Å². The van der Waals surface area contributed by atoms with Gasteiger partial charge in [0.25, 0.3) is 11.6 Å². The Kier molecular flexibility index (Phi) is 4.14. The monoisotopic (exact) mass is 339 g/mol. The zero-order chi connectivity index (χ0) is 18.1. The van der Waals surface area contributed by atoms with E-state index in [-0.39, 0.29) is 5.69 Å². The first-order chi connectivity index (χ1) is 11.8. The third-order valence-electron chi connectivity index (χ3n) is 3.81. The lowest BCUT2D eigenvalue weighted by Crippen LogP contribution is -2.13. The smallest absolute Gasteiger partial charge is 0.274 e. The molecule has 1 aromatic heterocycles. The number of hydrogen-bond donors (Lipinski definition) is 1. The van der Waals surface area contributed by atoms with Gasteiger partial charge in [-0.2, -0.15) is 0 Å².